The normalized spacial score (nSPS) is 11.4. The molecule has 0 bridgehead atoms. The second-order valence-corrected chi connectivity index (χ2v) is 7.25. The maximum Gasteiger partial charge on any atom is 0.148 e. The van der Waals surface area contributed by atoms with Gasteiger partial charge in [-0.05, 0) is 23.8 Å². The number of fused-ring (bicyclic) bond motifs is 1. The summed E-state index contributed by atoms with van der Waals surface area (Å²) in [5.74, 6) is -0.741. The van der Waals surface area contributed by atoms with Crippen molar-refractivity contribution >= 4 is 16.7 Å². The quantitative estimate of drug-likeness (QED) is 0.453. The molecule has 156 valence electrons. The van der Waals surface area contributed by atoms with Gasteiger partial charge < -0.3 is 5.32 Å². The fourth-order valence-corrected chi connectivity index (χ4v) is 3.49. The second-order valence-electron chi connectivity index (χ2n) is 7.25. The third kappa shape index (κ3) is 3.52. The molecule has 2 N–H and O–H groups in total. The van der Waals surface area contributed by atoms with Crippen LogP contribution in [0.15, 0.2) is 49.1 Å². The Morgan fingerprint density at radius 3 is 2.55 bits per heavy atom. The third-order valence-corrected chi connectivity index (χ3v) is 4.97. The highest BCUT2D eigenvalue weighted by Crippen LogP contribution is 2.31. The molecule has 1 aromatic carbocycles. The van der Waals surface area contributed by atoms with E-state index in [2.05, 4.69) is 30.7 Å². The predicted molar refractivity (Wildman–Crippen MR) is 112 cm³/mol. The first kappa shape index (κ1) is 18.9. The molecule has 5 aromatic rings. The molecular formula is C21H18F2N8. The van der Waals surface area contributed by atoms with Gasteiger partial charge in [-0.3, -0.25) is 19.4 Å². The molecular weight excluding hydrogens is 402 g/mol. The van der Waals surface area contributed by atoms with Crippen molar-refractivity contribution in [2.45, 2.75) is 6.54 Å². The number of hydrogen-bond acceptors (Lipinski definition) is 5. The van der Waals surface area contributed by atoms with Crippen LogP contribution in [0, 0.1) is 11.6 Å². The summed E-state index contributed by atoms with van der Waals surface area (Å²) in [6.07, 6.45) is 6.80. The van der Waals surface area contributed by atoms with Crippen LogP contribution >= 0.6 is 0 Å². The van der Waals surface area contributed by atoms with Gasteiger partial charge in [0.25, 0.3) is 0 Å². The van der Waals surface area contributed by atoms with E-state index in [0.29, 0.717) is 28.0 Å². The molecule has 0 spiro atoms. The molecule has 4 aromatic heterocycles. The number of aromatic nitrogens is 7. The summed E-state index contributed by atoms with van der Waals surface area (Å²) in [7, 11) is 3.60. The van der Waals surface area contributed by atoms with E-state index in [1.807, 2.05) is 6.20 Å². The molecule has 8 nitrogen and oxygen atoms in total. The van der Waals surface area contributed by atoms with E-state index in [9.17, 15) is 8.78 Å². The van der Waals surface area contributed by atoms with Crippen molar-refractivity contribution in [1.29, 1.82) is 0 Å². The smallest absolute Gasteiger partial charge is 0.148 e. The Hall–Kier alpha value is -4.08. The second kappa shape index (κ2) is 7.31. The fourth-order valence-electron chi connectivity index (χ4n) is 3.49. The van der Waals surface area contributed by atoms with E-state index in [4.69, 9.17) is 0 Å². The number of aryl methyl sites for hydroxylation is 2. The Bertz CT molecular complexity index is 1370. The highest BCUT2D eigenvalue weighted by molar-refractivity contribution is 5.94. The molecule has 0 atom stereocenters. The van der Waals surface area contributed by atoms with Crippen molar-refractivity contribution < 1.29 is 8.78 Å². The summed E-state index contributed by atoms with van der Waals surface area (Å²) >= 11 is 0. The van der Waals surface area contributed by atoms with Crippen molar-refractivity contribution in [2.75, 3.05) is 5.32 Å². The monoisotopic (exact) mass is 420 g/mol. The molecule has 0 aliphatic heterocycles. The molecule has 4 heterocycles. The van der Waals surface area contributed by atoms with Crippen LogP contribution in [0.25, 0.3) is 33.4 Å². The van der Waals surface area contributed by atoms with Crippen LogP contribution < -0.4 is 5.32 Å². The lowest BCUT2D eigenvalue weighted by Crippen LogP contribution is -2.03. The van der Waals surface area contributed by atoms with Crippen LogP contribution in [-0.4, -0.2) is 34.7 Å². The van der Waals surface area contributed by atoms with Crippen LogP contribution in [0.2, 0.25) is 0 Å². The van der Waals surface area contributed by atoms with Crippen molar-refractivity contribution in [3.63, 3.8) is 0 Å². The SMILES string of the molecule is Cn1cc(-c2n[nH]c3cnc(-c4c(F)cc(CNc5ccn(C)n5)cc4F)cc23)cn1. The molecule has 0 saturated carbocycles. The molecule has 10 heteroatoms. The standard InChI is InChI=1S/C21H18F2N8/c1-30-4-3-19(29-30)25-8-12-5-15(22)20(16(23)6-12)17-7-14-18(10-24-17)27-28-21(14)13-9-26-31(2)11-13/h3-7,9-11H,8H2,1-2H3,(H,25,29)(H,27,28). The van der Waals surface area contributed by atoms with Crippen LogP contribution in [-0.2, 0) is 20.6 Å². The van der Waals surface area contributed by atoms with Crippen LogP contribution in [0.5, 0.6) is 0 Å². The number of rotatable bonds is 5. The van der Waals surface area contributed by atoms with Gasteiger partial charge in [-0.15, -0.1) is 0 Å². The van der Waals surface area contributed by atoms with E-state index in [1.165, 1.54) is 18.3 Å². The lowest BCUT2D eigenvalue weighted by Gasteiger charge is -2.09. The molecule has 0 aliphatic rings. The van der Waals surface area contributed by atoms with Crippen LogP contribution in [0.3, 0.4) is 0 Å². The van der Waals surface area contributed by atoms with Gasteiger partial charge in [-0.1, -0.05) is 0 Å². The minimum atomic E-state index is -0.684. The number of aromatic amines is 1. The van der Waals surface area contributed by atoms with Crippen molar-refractivity contribution in [3.8, 4) is 22.5 Å². The number of hydrogen-bond donors (Lipinski definition) is 2. The van der Waals surface area contributed by atoms with Crippen LogP contribution in [0.4, 0.5) is 14.6 Å². The van der Waals surface area contributed by atoms with Gasteiger partial charge in [0.2, 0.25) is 0 Å². The average molecular weight is 420 g/mol. The van der Waals surface area contributed by atoms with E-state index in [-0.39, 0.29) is 17.8 Å². The number of nitrogens with one attached hydrogen (secondary N) is 2. The number of halogens is 2. The van der Waals surface area contributed by atoms with E-state index < -0.39 is 11.6 Å². The zero-order valence-electron chi connectivity index (χ0n) is 16.8. The van der Waals surface area contributed by atoms with Crippen molar-refractivity contribution in [2.24, 2.45) is 14.1 Å². The Balaban J connectivity index is 1.49. The highest BCUT2D eigenvalue weighted by Gasteiger charge is 2.18. The van der Waals surface area contributed by atoms with Gasteiger partial charge in [-0.25, -0.2) is 8.78 Å². The topological polar surface area (TPSA) is 89.2 Å². The summed E-state index contributed by atoms with van der Waals surface area (Å²) < 4.78 is 33.1. The molecule has 0 unspecified atom stereocenters. The minimum Gasteiger partial charge on any atom is -0.365 e. The molecule has 0 radical (unpaired) electrons. The summed E-state index contributed by atoms with van der Waals surface area (Å²) in [6, 6.07) is 6.02. The first-order valence-electron chi connectivity index (χ1n) is 9.53. The molecule has 0 saturated heterocycles. The lowest BCUT2D eigenvalue weighted by atomic mass is 10.0. The molecule has 0 fully saturated rings. The summed E-state index contributed by atoms with van der Waals surface area (Å²) in [5, 5.41) is 19.3. The maximum absolute atomic E-state index is 14.9. The Morgan fingerprint density at radius 2 is 1.87 bits per heavy atom. The first-order valence-corrected chi connectivity index (χ1v) is 9.53. The van der Waals surface area contributed by atoms with Crippen LogP contribution in [0.1, 0.15) is 5.56 Å². The zero-order valence-corrected chi connectivity index (χ0v) is 16.8. The highest BCUT2D eigenvalue weighted by atomic mass is 19.1. The Labute approximate surface area is 175 Å². The molecule has 0 amide bonds. The zero-order chi connectivity index (χ0) is 21.5. The maximum atomic E-state index is 14.9. The minimum absolute atomic E-state index is 0.179. The summed E-state index contributed by atoms with van der Waals surface area (Å²) in [6.45, 7) is 0.241. The Morgan fingerprint density at radius 1 is 1.06 bits per heavy atom. The summed E-state index contributed by atoms with van der Waals surface area (Å²) in [5.41, 5.74) is 2.58. The van der Waals surface area contributed by atoms with Gasteiger partial charge in [-0.2, -0.15) is 15.3 Å². The lowest BCUT2D eigenvalue weighted by molar-refractivity contribution is 0.585. The number of H-pyrrole nitrogens is 1. The van der Waals surface area contributed by atoms with Gasteiger partial charge in [0.05, 0.1) is 29.2 Å². The first-order chi connectivity index (χ1) is 15.0. The summed E-state index contributed by atoms with van der Waals surface area (Å²) in [4.78, 5) is 4.24. The molecule has 0 aliphatic carbocycles. The number of benzene rings is 1. The van der Waals surface area contributed by atoms with Crippen molar-refractivity contribution in [3.05, 3.63) is 66.3 Å². The predicted octanol–water partition coefficient (Wildman–Crippen LogP) is 3.65. The van der Waals surface area contributed by atoms with Gasteiger partial charge in [0, 0.05) is 50.0 Å². The Kier molecular flexibility index (Phi) is 4.46. The average Bonchev–Trinajstić information content (AvgIpc) is 3.45. The van der Waals surface area contributed by atoms with Gasteiger partial charge >= 0.3 is 0 Å². The van der Waals surface area contributed by atoms with E-state index in [0.717, 1.165) is 5.56 Å². The fraction of sp³-hybridized carbons (Fsp3) is 0.143. The van der Waals surface area contributed by atoms with Gasteiger partial charge in [0.15, 0.2) is 0 Å². The largest absolute Gasteiger partial charge is 0.365 e. The third-order valence-electron chi connectivity index (χ3n) is 4.97. The van der Waals surface area contributed by atoms with E-state index >= 15 is 0 Å². The number of pyridine rings is 1. The molecule has 31 heavy (non-hydrogen) atoms. The van der Waals surface area contributed by atoms with Crippen molar-refractivity contribution in [1.82, 2.24) is 34.7 Å². The number of nitrogens with zero attached hydrogens (tertiary/aromatic N) is 6. The molecule has 5 rings (SSSR count). The number of anilines is 1. The van der Waals surface area contributed by atoms with Gasteiger partial charge in [0.1, 0.15) is 23.1 Å². The van der Waals surface area contributed by atoms with E-state index in [1.54, 1.807) is 48.0 Å².